The molecule has 382 valence electrons. The lowest BCUT2D eigenvalue weighted by Crippen LogP contribution is -2.26. The average Bonchev–Trinajstić information content (AvgIpc) is 1.65. The van der Waals surface area contributed by atoms with Crippen molar-refractivity contribution in [1.29, 1.82) is 0 Å². The van der Waals surface area contributed by atoms with Crippen LogP contribution in [0.3, 0.4) is 0 Å². The molecule has 0 unspecified atom stereocenters. The van der Waals surface area contributed by atoms with Gasteiger partial charge in [-0.05, 0) is 151 Å². The summed E-state index contributed by atoms with van der Waals surface area (Å²) in [5.74, 6) is 0. The van der Waals surface area contributed by atoms with Gasteiger partial charge in [0.2, 0.25) is 0 Å². The predicted octanol–water partition coefficient (Wildman–Crippen LogP) is 20.7. The van der Waals surface area contributed by atoms with E-state index in [0.717, 1.165) is 50.5 Å². The van der Waals surface area contributed by atoms with Gasteiger partial charge in [0.15, 0.2) is 0 Å². The Morgan fingerprint density at radius 3 is 1.28 bits per heavy atom. The predicted molar refractivity (Wildman–Crippen MR) is 342 cm³/mol. The SMILES string of the molecule is c1ccc(-c2ccc(N(c3ccccc3)c3ccc4c5ccccc5n(-c5ccc6c7ccc(-c8cccc9c8C8(c%10ccccc%10-c%10ccccc%108)c8ccccc8-9)cc7n(-c7ccc(-c8ccccc8)cc7)c6c5)c4c3)cc2)cc1. The van der Waals surface area contributed by atoms with E-state index < -0.39 is 5.41 Å². The number of aromatic nitrogens is 2. The quantitative estimate of drug-likeness (QED) is 0.148. The molecular weight excluding hydrogens is 991 g/mol. The second-order valence-corrected chi connectivity index (χ2v) is 21.9. The van der Waals surface area contributed by atoms with Crippen LogP contribution in [0.1, 0.15) is 22.3 Å². The van der Waals surface area contributed by atoms with E-state index in [-0.39, 0.29) is 0 Å². The van der Waals surface area contributed by atoms with Crippen LogP contribution < -0.4 is 4.90 Å². The molecule has 0 aliphatic heterocycles. The smallest absolute Gasteiger partial charge is 0.0731 e. The summed E-state index contributed by atoms with van der Waals surface area (Å²) in [7, 11) is 0. The Hall–Kier alpha value is -10.7. The maximum atomic E-state index is 2.51. The molecule has 2 aliphatic carbocycles. The van der Waals surface area contributed by atoms with Gasteiger partial charge in [-0.15, -0.1) is 0 Å². The Balaban J connectivity index is 0.880. The van der Waals surface area contributed by atoms with Gasteiger partial charge >= 0.3 is 0 Å². The highest BCUT2D eigenvalue weighted by atomic mass is 15.1. The topological polar surface area (TPSA) is 13.1 Å². The summed E-state index contributed by atoms with van der Waals surface area (Å²) in [6.45, 7) is 0. The molecule has 17 rings (SSSR count). The second-order valence-electron chi connectivity index (χ2n) is 21.9. The normalized spacial score (nSPS) is 12.7. The molecule has 3 heteroatoms. The number of fused-ring (bicyclic) bond motifs is 16. The molecule has 0 fully saturated rings. The highest BCUT2D eigenvalue weighted by Crippen LogP contribution is 2.64. The van der Waals surface area contributed by atoms with Crippen molar-refractivity contribution in [3.8, 4) is 67.0 Å². The molecule has 0 saturated heterocycles. The van der Waals surface area contributed by atoms with E-state index in [2.05, 4.69) is 323 Å². The van der Waals surface area contributed by atoms with Crippen LogP contribution in [0.5, 0.6) is 0 Å². The van der Waals surface area contributed by atoms with Crippen molar-refractivity contribution >= 4 is 60.7 Å². The van der Waals surface area contributed by atoms with Crippen LogP contribution in [0, 0.1) is 0 Å². The zero-order chi connectivity index (χ0) is 53.9. The molecule has 2 heterocycles. The molecule has 2 aliphatic rings. The zero-order valence-corrected chi connectivity index (χ0v) is 44.8. The van der Waals surface area contributed by atoms with Crippen molar-refractivity contribution in [1.82, 2.24) is 9.13 Å². The third-order valence-electron chi connectivity index (χ3n) is 17.7. The van der Waals surface area contributed by atoms with Gasteiger partial charge in [0.1, 0.15) is 0 Å². The summed E-state index contributed by atoms with van der Waals surface area (Å²) in [4.78, 5) is 2.38. The standard InChI is InChI=1S/C79H51N3/c1-4-19-52(20-5-1)54-35-40-58(41-36-54)80(57-23-8-3-9-24-57)60-44-47-68-66-28-13-17-34-74(66)82(77(68)50-60)61-45-48-69-67-46-39-56(49-75(67)81(76(69)51-61)59-42-37-55(38-43-59)53-21-6-2-7-22-53)62-29-18-30-70-65-27-12-16-33-73(65)79(78(62)70)71-31-14-10-25-63(71)64-26-11-15-32-72(64)79/h1-51H. The Morgan fingerprint density at radius 2 is 0.634 bits per heavy atom. The fraction of sp³-hybridized carbons (Fsp3) is 0.0127. The summed E-state index contributed by atoms with van der Waals surface area (Å²) in [6.07, 6.45) is 0. The lowest BCUT2D eigenvalue weighted by atomic mass is 9.68. The first kappa shape index (κ1) is 46.2. The number of nitrogens with zero attached hydrogens (tertiary/aromatic N) is 3. The maximum absolute atomic E-state index is 2.51. The van der Waals surface area contributed by atoms with E-state index in [1.807, 2.05) is 0 Å². The Morgan fingerprint density at radius 1 is 0.232 bits per heavy atom. The summed E-state index contributed by atoms with van der Waals surface area (Å²) < 4.78 is 4.98. The molecule has 0 amide bonds. The Bertz CT molecular complexity index is 4950. The van der Waals surface area contributed by atoms with Gasteiger partial charge in [-0.3, -0.25) is 0 Å². The summed E-state index contributed by atoms with van der Waals surface area (Å²) in [6, 6.07) is 115. The number of anilines is 3. The van der Waals surface area contributed by atoms with Crippen LogP contribution >= 0.6 is 0 Å². The molecule has 0 N–H and O–H groups in total. The number of hydrogen-bond acceptors (Lipinski definition) is 1. The number of benzene rings is 13. The van der Waals surface area contributed by atoms with Gasteiger partial charge < -0.3 is 14.0 Å². The molecule has 0 saturated carbocycles. The summed E-state index contributed by atoms with van der Waals surface area (Å²) in [5.41, 5.74) is 27.4. The van der Waals surface area contributed by atoms with Crippen molar-refractivity contribution in [2.24, 2.45) is 0 Å². The highest BCUT2D eigenvalue weighted by molar-refractivity contribution is 6.13. The maximum Gasteiger partial charge on any atom is 0.0731 e. The molecular formula is C79H51N3. The van der Waals surface area contributed by atoms with Gasteiger partial charge in [0.25, 0.3) is 0 Å². The number of hydrogen-bond donors (Lipinski definition) is 0. The Kier molecular flexibility index (Phi) is 10.2. The molecule has 0 atom stereocenters. The van der Waals surface area contributed by atoms with E-state index in [9.17, 15) is 0 Å². The van der Waals surface area contributed by atoms with Gasteiger partial charge in [0.05, 0.1) is 27.5 Å². The lowest BCUT2D eigenvalue weighted by Gasteiger charge is -2.32. The minimum atomic E-state index is -0.479. The van der Waals surface area contributed by atoms with Crippen molar-refractivity contribution in [2.75, 3.05) is 4.90 Å². The monoisotopic (exact) mass is 1040 g/mol. The minimum absolute atomic E-state index is 0.479. The average molecular weight is 1040 g/mol. The molecule has 82 heavy (non-hydrogen) atoms. The van der Waals surface area contributed by atoms with Crippen LogP contribution in [0.25, 0.3) is 111 Å². The molecule has 1 spiro atoms. The van der Waals surface area contributed by atoms with E-state index in [0.29, 0.717) is 0 Å². The molecule has 15 aromatic rings. The lowest BCUT2D eigenvalue weighted by molar-refractivity contribution is 0.796. The molecule has 13 aromatic carbocycles. The van der Waals surface area contributed by atoms with Crippen molar-refractivity contribution < 1.29 is 0 Å². The third-order valence-corrected chi connectivity index (χ3v) is 17.7. The fourth-order valence-corrected chi connectivity index (χ4v) is 14.3. The molecule has 0 radical (unpaired) electrons. The molecule has 3 nitrogen and oxygen atoms in total. The summed E-state index contributed by atoms with van der Waals surface area (Å²) >= 11 is 0. The zero-order valence-electron chi connectivity index (χ0n) is 44.8. The molecule has 0 bridgehead atoms. The van der Waals surface area contributed by atoms with Gasteiger partial charge in [-0.2, -0.15) is 0 Å². The van der Waals surface area contributed by atoms with Crippen LogP contribution in [-0.4, -0.2) is 9.13 Å². The van der Waals surface area contributed by atoms with Crippen LogP contribution in [-0.2, 0) is 5.41 Å². The van der Waals surface area contributed by atoms with Crippen molar-refractivity contribution in [2.45, 2.75) is 5.41 Å². The third kappa shape index (κ3) is 6.77. The van der Waals surface area contributed by atoms with Crippen LogP contribution in [0.15, 0.2) is 309 Å². The van der Waals surface area contributed by atoms with Gasteiger partial charge in [-0.25, -0.2) is 0 Å². The first-order chi connectivity index (χ1) is 40.7. The van der Waals surface area contributed by atoms with E-state index in [4.69, 9.17) is 0 Å². The summed E-state index contributed by atoms with van der Waals surface area (Å²) in [5, 5.41) is 4.83. The molecule has 2 aromatic heterocycles. The first-order valence-corrected chi connectivity index (χ1v) is 28.4. The van der Waals surface area contributed by atoms with Gasteiger partial charge in [0, 0.05) is 50.0 Å². The van der Waals surface area contributed by atoms with Gasteiger partial charge in [-0.1, -0.05) is 237 Å². The second kappa shape index (κ2) is 18.2. The first-order valence-electron chi connectivity index (χ1n) is 28.4. The number of rotatable bonds is 8. The largest absolute Gasteiger partial charge is 0.310 e. The number of para-hydroxylation sites is 2. The highest BCUT2D eigenvalue weighted by Gasteiger charge is 2.52. The van der Waals surface area contributed by atoms with E-state index in [1.54, 1.807) is 0 Å². The fourth-order valence-electron chi connectivity index (χ4n) is 14.3. The van der Waals surface area contributed by atoms with E-state index in [1.165, 1.54) is 99.4 Å². The minimum Gasteiger partial charge on any atom is -0.310 e. The van der Waals surface area contributed by atoms with Crippen LogP contribution in [0.4, 0.5) is 17.1 Å². The van der Waals surface area contributed by atoms with Crippen molar-refractivity contribution in [3.05, 3.63) is 332 Å². The van der Waals surface area contributed by atoms with E-state index >= 15 is 0 Å². The van der Waals surface area contributed by atoms with Crippen molar-refractivity contribution in [3.63, 3.8) is 0 Å². The Labute approximate surface area is 476 Å². The van der Waals surface area contributed by atoms with Crippen LogP contribution in [0.2, 0.25) is 0 Å².